The quantitative estimate of drug-likeness (QED) is 0.264. The lowest BCUT2D eigenvalue weighted by molar-refractivity contribution is -0.169. The van der Waals surface area contributed by atoms with Crippen molar-refractivity contribution in [3.8, 4) is 22.9 Å². The Bertz CT molecular complexity index is 1110. The van der Waals surface area contributed by atoms with Crippen LogP contribution in [0.25, 0.3) is 11.1 Å². The fraction of sp³-hybridized carbons (Fsp3) is 0.360. The molecule has 2 atom stereocenters. The summed E-state index contributed by atoms with van der Waals surface area (Å²) < 4.78 is 5.84. The Balaban J connectivity index is 1.75. The molecule has 9 heteroatoms. The molecule has 1 aliphatic rings. The molecule has 2 aromatic rings. The second-order valence-electron chi connectivity index (χ2n) is 8.74. The van der Waals surface area contributed by atoms with E-state index < -0.39 is 23.7 Å². The molecule has 9 nitrogen and oxygen atoms in total. The number of likely N-dealkylation sites (N-methyl/N-ethyl adjacent to an activating group) is 1. The molecule has 0 aliphatic carbocycles. The number of nitriles is 1. The Hall–Kier alpha value is -3.90. The van der Waals surface area contributed by atoms with Gasteiger partial charge in [-0.05, 0) is 49.6 Å². The molecule has 1 saturated heterocycles. The van der Waals surface area contributed by atoms with Crippen LogP contribution in [-0.4, -0.2) is 69.7 Å². The minimum Gasteiger partial charge on any atom is -0.491 e. The van der Waals surface area contributed by atoms with Gasteiger partial charge in [-0.3, -0.25) is 19.7 Å². The maximum Gasteiger partial charge on any atom is 0.327 e. The standard InChI is InChI=1S/C25H28N4O5/c1-17(29-24(32)27(4)23(31)25(29,2)3)22(28(33)16-30)15-34-21-10-8-19(9-11-21)20-7-5-6-18(14-20)12-13-26/h5-11,14,16-17,22,33H,12,15H2,1-4H3. The first-order valence-corrected chi connectivity index (χ1v) is 10.8. The van der Waals surface area contributed by atoms with Gasteiger partial charge >= 0.3 is 6.03 Å². The molecule has 0 saturated carbocycles. The molecule has 0 aromatic heterocycles. The van der Waals surface area contributed by atoms with E-state index in [9.17, 15) is 19.6 Å². The number of hydrogen-bond donors (Lipinski definition) is 1. The number of rotatable bonds is 9. The molecule has 0 bridgehead atoms. The SMILES string of the molecule is CC(C(COc1ccc(-c2cccc(CC#N)c2)cc1)N(O)C=O)N1C(=O)N(C)C(=O)C1(C)C. The highest BCUT2D eigenvalue weighted by atomic mass is 16.5. The van der Waals surface area contributed by atoms with Crippen LogP contribution in [0.3, 0.4) is 0 Å². The molecule has 0 spiro atoms. The second-order valence-corrected chi connectivity index (χ2v) is 8.74. The molecule has 4 amide bonds. The normalized spacial score (nSPS) is 16.7. The summed E-state index contributed by atoms with van der Waals surface area (Å²) in [4.78, 5) is 38.9. The number of ether oxygens (including phenoxy) is 1. The van der Waals surface area contributed by atoms with E-state index >= 15 is 0 Å². The summed E-state index contributed by atoms with van der Waals surface area (Å²) in [5.74, 6) is 0.141. The average Bonchev–Trinajstić information content (AvgIpc) is 2.98. The van der Waals surface area contributed by atoms with E-state index in [0.717, 1.165) is 21.6 Å². The molecule has 178 valence electrons. The van der Waals surface area contributed by atoms with Crippen LogP contribution in [-0.2, 0) is 16.0 Å². The third-order valence-corrected chi connectivity index (χ3v) is 6.15. The fourth-order valence-corrected chi connectivity index (χ4v) is 4.25. The summed E-state index contributed by atoms with van der Waals surface area (Å²) in [5.41, 5.74) is 1.71. The molecule has 1 N–H and O–H groups in total. The van der Waals surface area contributed by atoms with Crippen molar-refractivity contribution >= 4 is 18.3 Å². The van der Waals surface area contributed by atoms with Crippen LogP contribution in [0, 0.1) is 11.3 Å². The van der Waals surface area contributed by atoms with Crippen LogP contribution >= 0.6 is 0 Å². The van der Waals surface area contributed by atoms with Crippen molar-refractivity contribution in [3.63, 3.8) is 0 Å². The molecule has 34 heavy (non-hydrogen) atoms. The highest BCUT2D eigenvalue weighted by molar-refractivity contribution is 6.06. The van der Waals surface area contributed by atoms with Gasteiger partial charge in [-0.25, -0.2) is 9.86 Å². The number of imide groups is 1. The number of hydrogen-bond acceptors (Lipinski definition) is 6. The van der Waals surface area contributed by atoms with Crippen molar-refractivity contribution in [2.75, 3.05) is 13.7 Å². The summed E-state index contributed by atoms with van der Waals surface area (Å²) in [6, 6.07) is 15.0. The summed E-state index contributed by atoms with van der Waals surface area (Å²) in [6.07, 6.45) is 0.585. The van der Waals surface area contributed by atoms with E-state index in [1.807, 2.05) is 36.4 Å². The van der Waals surface area contributed by atoms with Gasteiger partial charge in [0.2, 0.25) is 6.41 Å². The van der Waals surface area contributed by atoms with Crippen LogP contribution in [0.1, 0.15) is 26.3 Å². The average molecular weight is 465 g/mol. The topological polar surface area (TPSA) is 114 Å². The molecule has 1 heterocycles. The Morgan fingerprint density at radius 2 is 1.85 bits per heavy atom. The Kier molecular flexibility index (Phi) is 7.23. The lowest BCUT2D eigenvalue weighted by atomic mass is 9.99. The maximum absolute atomic E-state index is 12.7. The van der Waals surface area contributed by atoms with E-state index in [2.05, 4.69) is 6.07 Å². The first-order chi connectivity index (χ1) is 16.1. The van der Waals surface area contributed by atoms with E-state index in [0.29, 0.717) is 17.2 Å². The van der Waals surface area contributed by atoms with Gasteiger partial charge in [0.05, 0.1) is 18.5 Å². The lowest BCUT2D eigenvalue weighted by Gasteiger charge is -2.39. The van der Waals surface area contributed by atoms with Crippen molar-refractivity contribution < 1.29 is 24.3 Å². The molecule has 2 unspecified atom stereocenters. The lowest BCUT2D eigenvalue weighted by Crippen LogP contribution is -2.58. The Morgan fingerprint density at radius 3 is 2.41 bits per heavy atom. The number of hydroxylamine groups is 2. The predicted octanol–water partition coefficient (Wildman–Crippen LogP) is 3.08. The van der Waals surface area contributed by atoms with Gasteiger partial charge in [-0.1, -0.05) is 36.4 Å². The molecular formula is C25H28N4O5. The monoisotopic (exact) mass is 464 g/mol. The van der Waals surface area contributed by atoms with Crippen molar-refractivity contribution in [3.05, 3.63) is 54.1 Å². The molecular weight excluding hydrogens is 436 g/mol. The molecule has 1 aliphatic heterocycles. The van der Waals surface area contributed by atoms with Gasteiger partial charge in [0.15, 0.2) is 0 Å². The number of nitrogens with zero attached hydrogens (tertiary/aromatic N) is 4. The molecule has 0 radical (unpaired) electrons. The third kappa shape index (κ3) is 4.72. The smallest absolute Gasteiger partial charge is 0.327 e. The van der Waals surface area contributed by atoms with Gasteiger partial charge in [0.1, 0.15) is 23.9 Å². The predicted molar refractivity (Wildman–Crippen MR) is 124 cm³/mol. The highest BCUT2D eigenvalue weighted by Crippen LogP contribution is 2.31. The van der Waals surface area contributed by atoms with Gasteiger partial charge in [-0.2, -0.15) is 5.26 Å². The second kappa shape index (κ2) is 9.93. The third-order valence-electron chi connectivity index (χ3n) is 6.15. The number of benzene rings is 2. The fourth-order valence-electron chi connectivity index (χ4n) is 4.25. The van der Waals surface area contributed by atoms with Crippen molar-refractivity contribution in [1.29, 1.82) is 5.26 Å². The highest BCUT2D eigenvalue weighted by Gasteiger charge is 2.53. The van der Waals surface area contributed by atoms with Gasteiger partial charge in [0.25, 0.3) is 5.91 Å². The van der Waals surface area contributed by atoms with Crippen molar-refractivity contribution in [1.82, 2.24) is 14.9 Å². The summed E-state index contributed by atoms with van der Waals surface area (Å²) in [6.45, 7) is 4.80. The zero-order valence-electron chi connectivity index (χ0n) is 19.6. The van der Waals surface area contributed by atoms with Crippen LogP contribution in [0.15, 0.2) is 48.5 Å². The van der Waals surface area contributed by atoms with Gasteiger partial charge in [-0.15, -0.1) is 0 Å². The van der Waals surface area contributed by atoms with Crippen LogP contribution in [0.4, 0.5) is 4.79 Å². The zero-order valence-corrected chi connectivity index (χ0v) is 19.6. The number of urea groups is 1. The number of carbonyl (C=O) groups excluding carboxylic acids is 3. The first-order valence-electron chi connectivity index (χ1n) is 10.8. The van der Waals surface area contributed by atoms with E-state index in [1.54, 1.807) is 32.9 Å². The number of carbonyl (C=O) groups is 3. The van der Waals surface area contributed by atoms with Gasteiger partial charge in [0, 0.05) is 7.05 Å². The summed E-state index contributed by atoms with van der Waals surface area (Å²) >= 11 is 0. The van der Waals surface area contributed by atoms with Crippen molar-refractivity contribution in [2.24, 2.45) is 0 Å². The van der Waals surface area contributed by atoms with E-state index in [-0.39, 0.29) is 18.9 Å². The van der Waals surface area contributed by atoms with E-state index in [4.69, 9.17) is 10.00 Å². The molecule has 3 rings (SSSR count). The first kappa shape index (κ1) is 24.7. The largest absolute Gasteiger partial charge is 0.491 e. The summed E-state index contributed by atoms with van der Waals surface area (Å²) in [7, 11) is 1.40. The van der Waals surface area contributed by atoms with Gasteiger partial charge < -0.3 is 9.64 Å². The van der Waals surface area contributed by atoms with E-state index in [1.165, 1.54) is 11.9 Å². The van der Waals surface area contributed by atoms with Crippen LogP contribution < -0.4 is 4.74 Å². The minimum absolute atomic E-state index is 0.106. The summed E-state index contributed by atoms with van der Waals surface area (Å²) in [5, 5.41) is 19.6. The number of amides is 4. The zero-order chi connectivity index (χ0) is 25.0. The Morgan fingerprint density at radius 1 is 1.18 bits per heavy atom. The maximum atomic E-state index is 12.7. The molecule has 1 fully saturated rings. The minimum atomic E-state index is -1.13. The van der Waals surface area contributed by atoms with Crippen molar-refractivity contribution in [2.45, 2.75) is 44.8 Å². The molecule has 2 aromatic carbocycles. The van der Waals surface area contributed by atoms with Crippen LogP contribution in [0.5, 0.6) is 5.75 Å². The van der Waals surface area contributed by atoms with Crippen LogP contribution in [0.2, 0.25) is 0 Å². The Labute approximate surface area is 198 Å².